The minimum absolute atomic E-state index is 0. The lowest BCUT2D eigenvalue weighted by Crippen LogP contribution is -2.43. The van der Waals surface area contributed by atoms with E-state index in [0.717, 1.165) is 31.5 Å². The molecule has 0 aliphatic carbocycles. The number of hydrogen-bond acceptors (Lipinski definition) is 2. The summed E-state index contributed by atoms with van der Waals surface area (Å²) in [6.45, 7) is 4.24. The topological polar surface area (TPSA) is 32.3 Å². The maximum Gasteiger partial charge on any atom is 0.227 e. The van der Waals surface area contributed by atoms with Gasteiger partial charge in [-0.05, 0) is 49.8 Å². The summed E-state index contributed by atoms with van der Waals surface area (Å²) in [5, 5.41) is 3.46. The van der Waals surface area contributed by atoms with E-state index in [1.165, 1.54) is 31.2 Å². The first-order valence-corrected chi connectivity index (χ1v) is 8.87. The molecular weight excluding hydrogens is 308 g/mol. The number of carbonyl (C=O) groups excluding carboxylic acids is 1. The fourth-order valence-corrected chi connectivity index (χ4v) is 3.86. The fraction of sp³-hybridized carbons (Fsp3) is 0.632. The molecule has 128 valence electrons. The first-order valence-electron chi connectivity index (χ1n) is 8.87. The van der Waals surface area contributed by atoms with Gasteiger partial charge in [0, 0.05) is 18.6 Å². The third-order valence-electron chi connectivity index (χ3n) is 5.14. The number of amides is 1. The second kappa shape index (κ2) is 8.70. The minimum Gasteiger partial charge on any atom is -0.335 e. The van der Waals surface area contributed by atoms with Gasteiger partial charge in [0.15, 0.2) is 0 Å². The van der Waals surface area contributed by atoms with Crippen molar-refractivity contribution in [1.29, 1.82) is 0 Å². The smallest absolute Gasteiger partial charge is 0.227 e. The number of aryl methyl sites for hydroxylation is 1. The highest BCUT2D eigenvalue weighted by molar-refractivity contribution is 5.85. The van der Waals surface area contributed by atoms with Gasteiger partial charge in [0.1, 0.15) is 0 Å². The summed E-state index contributed by atoms with van der Waals surface area (Å²) in [6.07, 6.45) is 7.63. The van der Waals surface area contributed by atoms with Gasteiger partial charge in [0.2, 0.25) is 5.91 Å². The minimum atomic E-state index is 0. The number of hydrogen-bond donors (Lipinski definition) is 1. The molecule has 0 spiro atoms. The van der Waals surface area contributed by atoms with Gasteiger partial charge in [-0.15, -0.1) is 12.4 Å². The summed E-state index contributed by atoms with van der Waals surface area (Å²) in [7, 11) is 0. The summed E-state index contributed by atoms with van der Waals surface area (Å²) in [4.78, 5) is 14.9. The van der Waals surface area contributed by atoms with Gasteiger partial charge in [0.05, 0.1) is 6.42 Å². The summed E-state index contributed by atoms with van der Waals surface area (Å²) >= 11 is 0. The van der Waals surface area contributed by atoms with Crippen LogP contribution in [0.25, 0.3) is 0 Å². The predicted molar refractivity (Wildman–Crippen MR) is 97.1 cm³/mol. The zero-order valence-electron chi connectivity index (χ0n) is 14.1. The Balaban J connectivity index is 0.00000192. The van der Waals surface area contributed by atoms with Gasteiger partial charge in [-0.3, -0.25) is 4.79 Å². The molecule has 1 N–H and O–H groups in total. The molecule has 3 nitrogen and oxygen atoms in total. The Labute approximate surface area is 146 Å². The zero-order chi connectivity index (χ0) is 15.4. The summed E-state index contributed by atoms with van der Waals surface area (Å²) in [5.74, 6) is 0.317. The summed E-state index contributed by atoms with van der Waals surface area (Å²) in [6, 6.07) is 9.55. The van der Waals surface area contributed by atoms with Gasteiger partial charge in [-0.2, -0.15) is 0 Å². The van der Waals surface area contributed by atoms with Gasteiger partial charge in [0.25, 0.3) is 0 Å². The number of carbonyl (C=O) groups is 1. The van der Waals surface area contributed by atoms with Crippen molar-refractivity contribution in [3.63, 3.8) is 0 Å². The molecular formula is C19H29ClN2O. The van der Waals surface area contributed by atoms with E-state index in [1.54, 1.807) is 0 Å². The molecule has 2 fully saturated rings. The first kappa shape index (κ1) is 18.3. The molecule has 1 aromatic carbocycles. The van der Waals surface area contributed by atoms with Crippen LogP contribution < -0.4 is 5.32 Å². The van der Waals surface area contributed by atoms with E-state index in [2.05, 4.69) is 41.4 Å². The highest BCUT2D eigenvalue weighted by Crippen LogP contribution is 2.28. The van der Waals surface area contributed by atoms with Gasteiger partial charge < -0.3 is 10.2 Å². The van der Waals surface area contributed by atoms with Crippen LogP contribution in [-0.2, 0) is 17.6 Å². The van der Waals surface area contributed by atoms with E-state index in [9.17, 15) is 4.79 Å². The number of nitrogens with one attached hydrogen (secondary N) is 1. The molecule has 0 radical (unpaired) electrons. The molecule has 3 rings (SSSR count). The van der Waals surface area contributed by atoms with E-state index in [-0.39, 0.29) is 12.4 Å². The van der Waals surface area contributed by atoms with Crippen LogP contribution in [0, 0.1) is 0 Å². The fourth-order valence-electron chi connectivity index (χ4n) is 3.86. The van der Waals surface area contributed by atoms with Crippen molar-refractivity contribution < 1.29 is 4.79 Å². The van der Waals surface area contributed by atoms with E-state index in [0.29, 0.717) is 24.4 Å². The quantitative estimate of drug-likeness (QED) is 0.894. The van der Waals surface area contributed by atoms with Crippen molar-refractivity contribution in [3.8, 4) is 0 Å². The highest BCUT2D eigenvalue weighted by Gasteiger charge is 2.37. The molecule has 23 heavy (non-hydrogen) atoms. The SMILES string of the molecule is CCCCc1ccc(CC(=O)N2C3CCNCC2CC3)cc1.Cl. The number of rotatable bonds is 5. The lowest BCUT2D eigenvalue weighted by Gasteiger charge is -2.28. The number of benzene rings is 1. The van der Waals surface area contributed by atoms with Crippen molar-refractivity contribution in [3.05, 3.63) is 35.4 Å². The van der Waals surface area contributed by atoms with Crippen molar-refractivity contribution in [2.75, 3.05) is 13.1 Å². The first-order chi connectivity index (χ1) is 10.8. The Morgan fingerprint density at radius 3 is 2.57 bits per heavy atom. The number of nitrogens with zero attached hydrogens (tertiary/aromatic N) is 1. The lowest BCUT2D eigenvalue weighted by molar-refractivity contribution is -0.133. The Hall–Kier alpha value is -1.06. The molecule has 0 aromatic heterocycles. The molecule has 0 saturated carbocycles. The Morgan fingerprint density at radius 2 is 1.83 bits per heavy atom. The largest absolute Gasteiger partial charge is 0.335 e. The summed E-state index contributed by atoms with van der Waals surface area (Å²) < 4.78 is 0. The van der Waals surface area contributed by atoms with E-state index in [4.69, 9.17) is 0 Å². The van der Waals surface area contributed by atoms with Crippen LogP contribution in [-0.4, -0.2) is 36.0 Å². The third-order valence-corrected chi connectivity index (χ3v) is 5.14. The number of unbranched alkanes of at least 4 members (excludes halogenated alkanes) is 1. The standard InChI is InChI=1S/C19H28N2O.ClH/c1-2-3-4-15-5-7-16(8-6-15)13-19(22)21-17-9-10-18(21)14-20-12-11-17;/h5-8,17-18,20H,2-4,9-14H2,1H3;1H. The predicted octanol–water partition coefficient (Wildman–Crippen LogP) is 3.35. The van der Waals surface area contributed by atoms with Crippen molar-refractivity contribution >= 4 is 18.3 Å². The monoisotopic (exact) mass is 336 g/mol. The van der Waals surface area contributed by atoms with E-state index >= 15 is 0 Å². The molecule has 4 heteroatoms. The van der Waals surface area contributed by atoms with Crippen LogP contribution in [0.4, 0.5) is 0 Å². The molecule has 2 aliphatic heterocycles. The van der Waals surface area contributed by atoms with Crippen LogP contribution in [0.5, 0.6) is 0 Å². The van der Waals surface area contributed by atoms with E-state index in [1.807, 2.05) is 0 Å². The second-order valence-corrected chi connectivity index (χ2v) is 6.78. The number of fused-ring (bicyclic) bond motifs is 2. The van der Waals surface area contributed by atoms with Gasteiger partial charge >= 0.3 is 0 Å². The van der Waals surface area contributed by atoms with Crippen LogP contribution in [0.1, 0.15) is 50.2 Å². The maximum absolute atomic E-state index is 12.7. The van der Waals surface area contributed by atoms with Gasteiger partial charge in [-0.1, -0.05) is 37.6 Å². The molecule has 2 bridgehead atoms. The van der Waals surface area contributed by atoms with Crippen LogP contribution in [0.2, 0.25) is 0 Å². The molecule has 2 atom stereocenters. The number of halogens is 1. The molecule has 1 amide bonds. The van der Waals surface area contributed by atoms with Crippen LogP contribution in [0.3, 0.4) is 0 Å². The average molecular weight is 337 g/mol. The Bertz CT molecular complexity index is 489. The van der Waals surface area contributed by atoms with E-state index < -0.39 is 0 Å². The maximum atomic E-state index is 12.7. The zero-order valence-corrected chi connectivity index (χ0v) is 14.9. The van der Waals surface area contributed by atoms with Crippen molar-refractivity contribution in [2.24, 2.45) is 0 Å². The van der Waals surface area contributed by atoms with Crippen LogP contribution >= 0.6 is 12.4 Å². The molecule has 2 unspecified atom stereocenters. The lowest BCUT2D eigenvalue weighted by atomic mass is 10.0. The molecule has 1 aromatic rings. The van der Waals surface area contributed by atoms with Gasteiger partial charge in [-0.25, -0.2) is 0 Å². The molecule has 2 aliphatic rings. The highest BCUT2D eigenvalue weighted by atomic mass is 35.5. The third kappa shape index (κ3) is 4.48. The normalized spacial score (nSPS) is 23.3. The average Bonchev–Trinajstić information content (AvgIpc) is 2.79. The Morgan fingerprint density at radius 1 is 1.13 bits per heavy atom. The summed E-state index contributed by atoms with van der Waals surface area (Å²) in [5.41, 5.74) is 2.54. The molecule has 2 saturated heterocycles. The van der Waals surface area contributed by atoms with Crippen molar-refractivity contribution in [2.45, 2.75) is 64.0 Å². The Kier molecular flexibility index (Phi) is 6.91. The van der Waals surface area contributed by atoms with Crippen LogP contribution in [0.15, 0.2) is 24.3 Å². The van der Waals surface area contributed by atoms with Crippen molar-refractivity contribution in [1.82, 2.24) is 10.2 Å². The molecule has 2 heterocycles. The second-order valence-electron chi connectivity index (χ2n) is 6.78.